The molecule has 2 aromatic carbocycles. The number of sulfonamides is 1. The van der Waals surface area contributed by atoms with Gasteiger partial charge in [-0.3, -0.25) is 4.72 Å². The number of halogens is 2. The number of hydrogen-bond donors (Lipinski definition) is 1. The monoisotopic (exact) mass is 481 g/mol. The van der Waals surface area contributed by atoms with Crippen LogP contribution in [0.25, 0.3) is 0 Å². The Morgan fingerprint density at radius 2 is 1.90 bits per heavy atom. The van der Waals surface area contributed by atoms with E-state index in [0.717, 1.165) is 13.6 Å². The Bertz CT molecular complexity index is 778. The Morgan fingerprint density at radius 1 is 1.19 bits per heavy atom. The highest BCUT2D eigenvalue weighted by Crippen LogP contribution is 2.26. The molecule has 4 nitrogen and oxygen atoms in total. The van der Waals surface area contributed by atoms with Crippen LogP contribution in [0.1, 0.15) is 5.56 Å². The molecule has 0 heterocycles. The van der Waals surface area contributed by atoms with Gasteiger partial charge in [0.15, 0.2) is 0 Å². The summed E-state index contributed by atoms with van der Waals surface area (Å²) in [5.74, 6) is 0.647. The molecule has 2 aromatic rings. The summed E-state index contributed by atoms with van der Waals surface area (Å²) >= 11 is 5.43. The zero-order valence-electron chi connectivity index (χ0n) is 11.4. The van der Waals surface area contributed by atoms with Crippen LogP contribution in [0, 0.1) is 10.5 Å². The Hall–Kier alpha value is -0.800. The van der Waals surface area contributed by atoms with Gasteiger partial charge in [-0.25, -0.2) is 8.42 Å². The first kappa shape index (κ1) is 16.6. The van der Waals surface area contributed by atoms with Gasteiger partial charge in [0.2, 0.25) is 0 Å². The predicted octanol–water partition coefficient (Wildman–Crippen LogP) is 4.17. The lowest BCUT2D eigenvalue weighted by molar-refractivity contribution is 0.411. The van der Waals surface area contributed by atoms with E-state index in [2.05, 4.69) is 20.7 Å². The van der Waals surface area contributed by atoms with E-state index in [0.29, 0.717) is 11.4 Å². The van der Waals surface area contributed by atoms with Gasteiger partial charge in [-0.2, -0.15) is 0 Å². The van der Waals surface area contributed by atoms with Gasteiger partial charge in [-0.05, 0) is 71.5 Å². The highest BCUT2D eigenvalue weighted by Gasteiger charge is 2.16. The van der Waals surface area contributed by atoms with Gasteiger partial charge in [0.05, 0.1) is 15.6 Å². The molecule has 0 aliphatic carbocycles. The molecule has 0 radical (unpaired) electrons. The Labute approximate surface area is 146 Å². The lowest BCUT2D eigenvalue weighted by Gasteiger charge is -2.11. The van der Waals surface area contributed by atoms with Crippen molar-refractivity contribution in [2.45, 2.75) is 11.8 Å². The van der Waals surface area contributed by atoms with Crippen molar-refractivity contribution in [2.24, 2.45) is 0 Å². The third-order valence-corrected chi connectivity index (χ3v) is 5.96. The smallest absolute Gasteiger partial charge is 0.261 e. The quantitative estimate of drug-likeness (QED) is 0.666. The van der Waals surface area contributed by atoms with Gasteiger partial charge in [-0.1, -0.05) is 15.9 Å². The van der Waals surface area contributed by atoms with Crippen LogP contribution in [0.15, 0.2) is 45.8 Å². The number of anilines is 1. The Kier molecular flexibility index (Phi) is 5.15. The number of benzene rings is 2. The van der Waals surface area contributed by atoms with Crippen molar-refractivity contribution < 1.29 is 13.2 Å². The zero-order valence-corrected chi connectivity index (χ0v) is 15.9. The molecule has 0 atom stereocenters. The second-order valence-corrected chi connectivity index (χ2v) is 8.06. The fraction of sp³-hybridized carbons (Fsp3) is 0.143. The molecule has 2 rings (SSSR count). The molecule has 1 N–H and O–H groups in total. The largest absolute Gasteiger partial charge is 0.496 e. The van der Waals surface area contributed by atoms with Crippen molar-refractivity contribution >= 4 is 54.2 Å². The maximum Gasteiger partial charge on any atom is 0.261 e. The fourth-order valence-electron chi connectivity index (χ4n) is 1.74. The molecule has 0 fully saturated rings. The molecule has 21 heavy (non-hydrogen) atoms. The van der Waals surface area contributed by atoms with E-state index < -0.39 is 10.0 Å². The lowest BCUT2D eigenvalue weighted by atomic mass is 10.2. The first-order valence-electron chi connectivity index (χ1n) is 5.96. The van der Waals surface area contributed by atoms with Crippen molar-refractivity contribution in [2.75, 3.05) is 11.8 Å². The molecule has 0 saturated heterocycles. The SMILES string of the molecule is COc1ccc(S(=O)(=O)Nc2ccc(Br)c(C)c2)cc1I. The molecule has 0 aromatic heterocycles. The number of rotatable bonds is 4. The summed E-state index contributed by atoms with van der Waals surface area (Å²) in [7, 11) is -2.07. The minimum absolute atomic E-state index is 0.202. The number of hydrogen-bond acceptors (Lipinski definition) is 3. The minimum Gasteiger partial charge on any atom is -0.496 e. The van der Waals surface area contributed by atoms with Crippen molar-refractivity contribution in [1.82, 2.24) is 0 Å². The lowest BCUT2D eigenvalue weighted by Crippen LogP contribution is -2.13. The van der Waals surface area contributed by atoms with Crippen LogP contribution in [0.3, 0.4) is 0 Å². The zero-order chi connectivity index (χ0) is 15.6. The number of ether oxygens (including phenoxy) is 1. The van der Waals surface area contributed by atoms with Crippen LogP contribution in [-0.2, 0) is 10.0 Å². The Balaban J connectivity index is 2.33. The Morgan fingerprint density at radius 3 is 2.48 bits per heavy atom. The highest BCUT2D eigenvalue weighted by atomic mass is 127. The van der Waals surface area contributed by atoms with E-state index >= 15 is 0 Å². The molecule has 0 unspecified atom stereocenters. The van der Waals surface area contributed by atoms with Gasteiger partial charge in [0, 0.05) is 10.2 Å². The van der Waals surface area contributed by atoms with E-state index in [1.807, 2.05) is 35.6 Å². The maximum atomic E-state index is 12.4. The summed E-state index contributed by atoms with van der Waals surface area (Å²) in [5.41, 5.74) is 1.49. The molecule has 0 bridgehead atoms. The highest BCUT2D eigenvalue weighted by molar-refractivity contribution is 14.1. The van der Waals surface area contributed by atoms with E-state index in [9.17, 15) is 8.42 Å². The predicted molar refractivity (Wildman–Crippen MR) is 95.4 cm³/mol. The number of nitrogens with one attached hydrogen (secondary N) is 1. The van der Waals surface area contributed by atoms with Gasteiger partial charge in [0.1, 0.15) is 5.75 Å². The van der Waals surface area contributed by atoms with E-state index in [4.69, 9.17) is 4.74 Å². The second kappa shape index (κ2) is 6.53. The van der Waals surface area contributed by atoms with Gasteiger partial charge >= 0.3 is 0 Å². The van der Waals surface area contributed by atoms with Crippen molar-refractivity contribution in [3.05, 3.63) is 50.0 Å². The molecule has 112 valence electrons. The van der Waals surface area contributed by atoms with Crippen LogP contribution in [0.2, 0.25) is 0 Å². The topological polar surface area (TPSA) is 55.4 Å². The first-order valence-corrected chi connectivity index (χ1v) is 9.31. The normalized spacial score (nSPS) is 11.2. The van der Waals surface area contributed by atoms with E-state index in [-0.39, 0.29) is 4.90 Å². The third kappa shape index (κ3) is 3.89. The fourth-order valence-corrected chi connectivity index (χ4v) is 4.01. The van der Waals surface area contributed by atoms with Crippen LogP contribution >= 0.6 is 38.5 Å². The average Bonchev–Trinajstić information content (AvgIpc) is 2.42. The molecule has 0 amide bonds. The molecular weight excluding hydrogens is 469 g/mol. The summed E-state index contributed by atoms with van der Waals surface area (Å²) in [5, 5.41) is 0. The molecule has 0 aliphatic rings. The van der Waals surface area contributed by atoms with Crippen LogP contribution in [0.5, 0.6) is 5.75 Å². The molecule has 7 heteroatoms. The van der Waals surface area contributed by atoms with E-state index in [1.165, 1.54) is 6.07 Å². The number of methoxy groups -OCH3 is 1. The molecule has 0 saturated carbocycles. The van der Waals surface area contributed by atoms with E-state index in [1.54, 1.807) is 31.4 Å². The maximum absolute atomic E-state index is 12.4. The standard InChI is InChI=1S/C14H13BrINO3S/c1-9-7-10(3-5-12(9)15)17-21(18,19)11-4-6-14(20-2)13(16)8-11/h3-8,17H,1-2H3. The number of aryl methyl sites for hydroxylation is 1. The minimum atomic E-state index is -3.62. The van der Waals surface area contributed by atoms with Crippen molar-refractivity contribution in [3.63, 3.8) is 0 Å². The van der Waals surface area contributed by atoms with Gasteiger partial charge in [-0.15, -0.1) is 0 Å². The summed E-state index contributed by atoms with van der Waals surface area (Å²) in [6.45, 7) is 1.90. The molecular formula is C14H13BrINO3S. The van der Waals surface area contributed by atoms with Crippen LogP contribution < -0.4 is 9.46 Å². The second-order valence-electron chi connectivity index (χ2n) is 4.37. The van der Waals surface area contributed by atoms with Gasteiger partial charge < -0.3 is 4.74 Å². The van der Waals surface area contributed by atoms with Gasteiger partial charge in [0.25, 0.3) is 10.0 Å². The van der Waals surface area contributed by atoms with Crippen molar-refractivity contribution in [3.8, 4) is 5.75 Å². The molecule has 0 spiro atoms. The van der Waals surface area contributed by atoms with Crippen molar-refractivity contribution in [1.29, 1.82) is 0 Å². The van der Waals surface area contributed by atoms with Crippen LogP contribution in [0.4, 0.5) is 5.69 Å². The summed E-state index contributed by atoms with van der Waals surface area (Å²) in [6.07, 6.45) is 0. The first-order chi connectivity index (χ1) is 9.83. The third-order valence-electron chi connectivity index (χ3n) is 2.84. The summed E-state index contributed by atoms with van der Waals surface area (Å²) < 4.78 is 34.1. The van der Waals surface area contributed by atoms with Crippen LogP contribution in [-0.4, -0.2) is 15.5 Å². The average molecular weight is 482 g/mol. The summed E-state index contributed by atoms with van der Waals surface area (Å²) in [4.78, 5) is 0.202. The summed E-state index contributed by atoms with van der Waals surface area (Å²) in [6, 6.07) is 10.0. The molecule has 0 aliphatic heterocycles.